The first-order valence-corrected chi connectivity index (χ1v) is 20.8. The fourth-order valence-corrected chi connectivity index (χ4v) is 9.31. The van der Waals surface area contributed by atoms with Gasteiger partial charge in [0.2, 0.25) is 6.10 Å². The molecule has 50 heavy (non-hydrogen) atoms. The van der Waals surface area contributed by atoms with Crippen molar-refractivity contribution in [3.63, 3.8) is 0 Å². The van der Waals surface area contributed by atoms with Crippen LogP contribution in [0.15, 0.2) is 34.0 Å². The number of methoxy groups -OCH3 is 2. The third-order valence-corrected chi connectivity index (χ3v) is 12.1. The monoisotopic (exact) mass is 901 g/mol. The summed E-state index contributed by atoms with van der Waals surface area (Å²) in [5.74, 6) is 2.82. The fourth-order valence-electron chi connectivity index (χ4n) is 5.33. The Morgan fingerprint density at radius 2 is 1.90 bits per heavy atom. The lowest BCUT2D eigenvalue weighted by Gasteiger charge is -2.49. The van der Waals surface area contributed by atoms with Crippen LogP contribution in [-0.2, 0) is 33.5 Å². The molecule has 0 radical (unpaired) electrons. The van der Waals surface area contributed by atoms with Crippen molar-refractivity contribution in [2.45, 2.75) is 24.4 Å². The van der Waals surface area contributed by atoms with Crippen molar-refractivity contribution < 1.29 is 33.5 Å². The lowest BCUT2D eigenvalue weighted by atomic mass is 9.90. The highest BCUT2D eigenvalue weighted by atomic mass is 127. The third kappa shape index (κ3) is 7.84. The van der Waals surface area contributed by atoms with Gasteiger partial charge >= 0.3 is 11.9 Å². The first-order chi connectivity index (χ1) is 24.1. The number of alkyl halides is 1. The Morgan fingerprint density at radius 3 is 2.46 bits per heavy atom. The SMILES string of the molecule is C=Pc1c(C)c(C(O/N=C(\C(=O)NC2C(=O)N3C(C(=O)OC)=C(/C=C/CI)CSC23)c2csc(NC)n2)C(=O)OC)c(C=P)c(C=P)c1C=P. The smallest absolute Gasteiger partial charge is 0.355 e. The Hall–Kier alpha value is -2.76. The number of thiazole rings is 1. The van der Waals surface area contributed by atoms with E-state index in [1.54, 1.807) is 35.9 Å². The number of aromatic nitrogens is 1. The summed E-state index contributed by atoms with van der Waals surface area (Å²) < 4.78 is 10.8. The predicted molar refractivity (Wildman–Crippen MR) is 221 cm³/mol. The molecule has 1 aromatic heterocycles. The molecule has 1 aromatic carbocycles. The van der Waals surface area contributed by atoms with E-state index in [-0.39, 0.29) is 17.1 Å². The van der Waals surface area contributed by atoms with E-state index in [2.05, 4.69) is 76.3 Å². The lowest BCUT2D eigenvalue weighted by Crippen LogP contribution is -2.71. The van der Waals surface area contributed by atoms with Gasteiger partial charge < -0.3 is 24.9 Å². The van der Waals surface area contributed by atoms with Gasteiger partial charge in [-0.05, 0) is 52.1 Å². The third-order valence-electron chi connectivity index (χ3n) is 7.65. The van der Waals surface area contributed by atoms with Crippen LogP contribution in [0.1, 0.15) is 39.6 Å². The molecule has 2 aliphatic heterocycles. The Kier molecular flexibility index (Phi) is 14.5. The minimum atomic E-state index is -1.43. The average Bonchev–Trinajstić information content (AvgIpc) is 3.62. The number of nitrogens with zero attached hydrogens (tertiary/aromatic N) is 3. The number of carbonyl (C=O) groups excluding carboxylic acids is 4. The molecule has 4 rings (SSSR count). The number of rotatable bonds is 15. The van der Waals surface area contributed by atoms with Crippen LogP contribution in [-0.4, -0.2) is 106 Å². The van der Waals surface area contributed by atoms with Crippen LogP contribution in [0.4, 0.5) is 5.13 Å². The number of anilines is 1. The van der Waals surface area contributed by atoms with Crippen LogP contribution in [0.5, 0.6) is 0 Å². The summed E-state index contributed by atoms with van der Waals surface area (Å²) in [6.07, 6.45) is 6.29. The molecule has 262 valence electrons. The summed E-state index contributed by atoms with van der Waals surface area (Å²) in [7, 11) is 15.3. The van der Waals surface area contributed by atoms with Crippen molar-refractivity contribution in [2.75, 3.05) is 36.8 Å². The van der Waals surface area contributed by atoms with Gasteiger partial charge in [0.25, 0.3) is 11.8 Å². The molecule has 2 N–H and O–H groups in total. The molecule has 0 saturated carbocycles. The summed E-state index contributed by atoms with van der Waals surface area (Å²) in [5.41, 5.74) is 3.89. The van der Waals surface area contributed by atoms with Gasteiger partial charge in [0.15, 0.2) is 10.8 Å². The molecule has 19 heteroatoms. The maximum absolute atomic E-state index is 14.0. The van der Waals surface area contributed by atoms with Gasteiger partial charge in [0.05, 0.1) is 14.2 Å². The summed E-state index contributed by atoms with van der Waals surface area (Å²) in [6.45, 7) is 1.82. The molecule has 3 unspecified atom stereocenters. The number of thioether (sulfide) groups is 1. The molecule has 3 atom stereocenters. The zero-order valence-corrected chi connectivity index (χ0v) is 34.8. The number of carbonyl (C=O) groups is 4. The Labute approximate surface area is 319 Å². The minimum Gasteiger partial charge on any atom is -0.466 e. The number of ether oxygens (including phenoxy) is 2. The van der Waals surface area contributed by atoms with Crippen LogP contribution in [0.3, 0.4) is 0 Å². The van der Waals surface area contributed by atoms with Crippen LogP contribution in [0, 0.1) is 6.92 Å². The molecule has 0 aliphatic carbocycles. The van der Waals surface area contributed by atoms with E-state index in [4.69, 9.17) is 14.3 Å². The quantitative estimate of drug-likeness (QED) is 0.0515. The number of amides is 2. The van der Waals surface area contributed by atoms with Crippen molar-refractivity contribution in [1.29, 1.82) is 0 Å². The standard InChI is InChI=1S/C31H32IN5O7P4S2/c1-14-20(17(10-46)16(9-45)18(11-47)25(14)48-5)24(30(41)43-4)44-36-21(19-13-50-31(33-2)34-19)26(38)35-22-27(39)37-23(29(40)42-3)15(7-6-8-32)12-49-28(22)37/h6-7,9-11,13,22,24,28,45-47H,5,8,12H2,1-4H3,(H,33,34)(H,35,38)/b7-6+,36-21-. The Morgan fingerprint density at radius 1 is 1.20 bits per heavy atom. The number of halogens is 1. The normalized spacial score (nSPS) is 17.8. The summed E-state index contributed by atoms with van der Waals surface area (Å²) in [4.78, 5) is 65.3. The zero-order valence-electron chi connectivity index (χ0n) is 27.2. The molecular weight excluding hydrogens is 869 g/mol. The fraction of sp³-hybridized carbons (Fsp3) is 0.290. The van der Waals surface area contributed by atoms with Gasteiger partial charge in [-0.3, -0.25) is 14.5 Å². The highest BCUT2D eigenvalue weighted by Gasteiger charge is 2.54. The highest BCUT2D eigenvalue weighted by molar-refractivity contribution is 14.1. The Bertz CT molecular complexity index is 1880. The van der Waals surface area contributed by atoms with Crippen LogP contribution in [0.25, 0.3) is 0 Å². The molecule has 1 saturated heterocycles. The van der Waals surface area contributed by atoms with Crippen LogP contribution < -0.4 is 15.9 Å². The van der Waals surface area contributed by atoms with Crippen molar-refractivity contribution in [3.05, 3.63) is 62.3 Å². The second-order valence-corrected chi connectivity index (χ2v) is 14.7. The maximum Gasteiger partial charge on any atom is 0.355 e. The van der Waals surface area contributed by atoms with Gasteiger partial charge in [-0.1, -0.05) is 54.4 Å². The number of β-lactam (4-membered cyclic amide) rings is 1. The van der Waals surface area contributed by atoms with E-state index < -0.39 is 41.3 Å². The van der Waals surface area contributed by atoms with Crippen molar-refractivity contribution in [2.24, 2.45) is 5.16 Å². The number of benzene rings is 1. The number of fused-ring (bicyclic) bond motifs is 1. The zero-order chi connectivity index (χ0) is 36.7. The number of hydrogen-bond acceptors (Lipinski definition) is 12. The Balaban J connectivity index is 1.76. The minimum absolute atomic E-state index is 0.139. The van der Waals surface area contributed by atoms with Crippen molar-refractivity contribution in [3.8, 4) is 0 Å². The molecule has 2 aromatic rings. The van der Waals surface area contributed by atoms with E-state index in [1.807, 2.05) is 13.0 Å². The predicted octanol–water partition coefficient (Wildman–Crippen LogP) is 3.83. The maximum atomic E-state index is 14.0. The number of esters is 2. The van der Waals surface area contributed by atoms with Crippen molar-refractivity contribution >= 4 is 144 Å². The molecular formula is C31H32IN5O7P4S2. The second-order valence-electron chi connectivity index (χ2n) is 10.2. The van der Waals surface area contributed by atoms with Crippen LogP contribution >= 0.6 is 80.5 Å². The van der Waals surface area contributed by atoms with Gasteiger partial charge in [-0.15, -0.1) is 49.7 Å². The molecule has 3 heterocycles. The summed E-state index contributed by atoms with van der Waals surface area (Å²) >= 11 is 4.80. The van der Waals surface area contributed by atoms with Crippen molar-refractivity contribution in [1.82, 2.24) is 15.2 Å². The van der Waals surface area contributed by atoms with E-state index in [9.17, 15) is 19.2 Å². The number of nitrogens with one attached hydrogen (secondary N) is 2. The topological polar surface area (TPSA) is 149 Å². The first kappa shape index (κ1) is 40.0. The molecule has 1 fully saturated rings. The van der Waals surface area contributed by atoms with Gasteiger partial charge in [0, 0.05) is 33.5 Å². The van der Waals surface area contributed by atoms with E-state index in [0.717, 1.165) is 10.9 Å². The van der Waals surface area contributed by atoms with E-state index in [1.165, 1.54) is 42.2 Å². The van der Waals surface area contributed by atoms with E-state index in [0.29, 0.717) is 51.3 Å². The van der Waals surface area contributed by atoms with Gasteiger partial charge in [-0.2, -0.15) is 0 Å². The lowest BCUT2D eigenvalue weighted by molar-refractivity contribution is -0.154. The summed E-state index contributed by atoms with van der Waals surface area (Å²) in [5, 5.41) is 12.2. The van der Waals surface area contributed by atoms with Gasteiger partial charge in [-0.25, -0.2) is 14.6 Å². The van der Waals surface area contributed by atoms with Gasteiger partial charge in [0.1, 0.15) is 22.8 Å². The molecule has 0 spiro atoms. The molecule has 2 aliphatic rings. The second kappa shape index (κ2) is 18.1. The highest BCUT2D eigenvalue weighted by Crippen LogP contribution is 2.41. The number of allylic oxidation sites excluding steroid dienone is 2. The largest absolute Gasteiger partial charge is 0.466 e. The number of oxime groups is 1. The van der Waals surface area contributed by atoms with E-state index >= 15 is 0 Å². The van der Waals surface area contributed by atoms with Crippen LogP contribution in [0.2, 0.25) is 0 Å². The average molecular weight is 902 g/mol. The first-order valence-electron chi connectivity index (χ1n) is 14.5. The number of hydrogen-bond donors (Lipinski definition) is 2. The molecule has 12 nitrogen and oxygen atoms in total. The summed E-state index contributed by atoms with van der Waals surface area (Å²) in [6, 6.07) is -0.994. The molecule has 2 amide bonds. The molecule has 0 bridgehead atoms.